The van der Waals surface area contributed by atoms with Gasteiger partial charge in [-0.1, -0.05) is 0 Å². The van der Waals surface area contributed by atoms with Crippen molar-refractivity contribution in [3.63, 3.8) is 0 Å². The van der Waals surface area contributed by atoms with Crippen LogP contribution in [0.2, 0.25) is 0 Å². The molecular formula is C11H13NO4S. The number of carbonyl (C=O) groups excluding carboxylic acids is 1. The molecule has 0 aliphatic carbocycles. The van der Waals surface area contributed by atoms with Gasteiger partial charge in [0.25, 0.3) is 5.91 Å². The summed E-state index contributed by atoms with van der Waals surface area (Å²) in [6.07, 6.45) is 1.79. The van der Waals surface area contributed by atoms with Gasteiger partial charge in [-0.3, -0.25) is 4.79 Å². The molecule has 0 saturated carbocycles. The SMILES string of the molecule is Cc1cc(C(=O)NC2(C(=O)O)CCSC2)co1. The van der Waals surface area contributed by atoms with Crippen molar-refractivity contribution in [1.82, 2.24) is 5.32 Å². The summed E-state index contributed by atoms with van der Waals surface area (Å²) in [6, 6.07) is 1.59. The van der Waals surface area contributed by atoms with Crippen LogP contribution in [0.1, 0.15) is 22.5 Å². The van der Waals surface area contributed by atoms with Crippen molar-refractivity contribution in [2.75, 3.05) is 11.5 Å². The first kappa shape index (κ1) is 12.0. The van der Waals surface area contributed by atoms with Crippen LogP contribution in [0.25, 0.3) is 0 Å². The quantitative estimate of drug-likeness (QED) is 0.850. The average Bonchev–Trinajstić information content (AvgIpc) is 2.87. The summed E-state index contributed by atoms with van der Waals surface area (Å²) in [5, 5.41) is 11.8. The molecule has 0 aromatic carbocycles. The van der Waals surface area contributed by atoms with E-state index in [1.807, 2.05) is 0 Å². The molecule has 92 valence electrons. The Balaban J connectivity index is 2.14. The maximum absolute atomic E-state index is 11.9. The minimum Gasteiger partial charge on any atom is -0.479 e. The topological polar surface area (TPSA) is 79.5 Å². The molecule has 5 nitrogen and oxygen atoms in total. The first-order chi connectivity index (χ1) is 8.03. The molecule has 17 heavy (non-hydrogen) atoms. The Morgan fingerprint density at radius 1 is 1.59 bits per heavy atom. The first-order valence-corrected chi connectivity index (χ1v) is 6.38. The van der Waals surface area contributed by atoms with Crippen LogP contribution in [0.5, 0.6) is 0 Å². The van der Waals surface area contributed by atoms with Crippen LogP contribution in [-0.4, -0.2) is 34.0 Å². The van der Waals surface area contributed by atoms with Crippen molar-refractivity contribution < 1.29 is 19.1 Å². The second kappa shape index (κ2) is 4.44. The van der Waals surface area contributed by atoms with E-state index in [0.717, 1.165) is 5.75 Å². The van der Waals surface area contributed by atoms with Gasteiger partial charge in [-0.05, 0) is 25.2 Å². The van der Waals surface area contributed by atoms with Gasteiger partial charge >= 0.3 is 5.97 Å². The van der Waals surface area contributed by atoms with Crippen LogP contribution in [0.4, 0.5) is 0 Å². The van der Waals surface area contributed by atoms with E-state index in [1.165, 1.54) is 18.0 Å². The molecule has 0 radical (unpaired) electrons. The molecule has 2 heterocycles. The Bertz CT molecular complexity index is 448. The van der Waals surface area contributed by atoms with Crippen molar-refractivity contribution in [3.8, 4) is 0 Å². The number of rotatable bonds is 3. The number of carbonyl (C=O) groups is 2. The highest BCUT2D eigenvalue weighted by atomic mass is 32.2. The minimum atomic E-state index is -1.13. The van der Waals surface area contributed by atoms with Gasteiger partial charge < -0.3 is 14.8 Å². The molecule has 1 aromatic rings. The summed E-state index contributed by atoms with van der Waals surface area (Å²) in [7, 11) is 0. The lowest BCUT2D eigenvalue weighted by Crippen LogP contribution is -2.54. The summed E-state index contributed by atoms with van der Waals surface area (Å²) < 4.78 is 5.03. The number of hydrogen-bond acceptors (Lipinski definition) is 4. The number of aryl methyl sites for hydroxylation is 1. The standard InChI is InChI=1S/C11H13NO4S/c1-7-4-8(5-16-7)9(13)12-11(10(14)15)2-3-17-6-11/h4-5H,2-3,6H2,1H3,(H,12,13)(H,14,15). The molecule has 1 aromatic heterocycles. The Morgan fingerprint density at radius 3 is 2.82 bits per heavy atom. The predicted octanol–water partition coefficient (Wildman–Crippen LogP) is 1.28. The van der Waals surface area contributed by atoms with Crippen LogP contribution in [0, 0.1) is 6.92 Å². The lowest BCUT2D eigenvalue weighted by molar-refractivity contribution is -0.143. The zero-order valence-corrected chi connectivity index (χ0v) is 10.2. The molecule has 6 heteroatoms. The normalized spacial score (nSPS) is 23.6. The highest BCUT2D eigenvalue weighted by molar-refractivity contribution is 7.99. The zero-order valence-electron chi connectivity index (χ0n) is 9.36. The van der Waals surface area contributed by atoms with E-state index in [0.29, 0.717) is 23.5 Å². The van der Waals surface area contributed by atoms with E-state index in [1.54, 1.807) is 13.0 Å². The minimum absolute atomic E-state index is 0.361. The molecule has 1 atom stereocenters. The molecule has 2 rings (SSSR count). The van der Waals surface area contributed by atoms with E-state index in [4.69, 9.17) is 4.42 Å². The number of aliphatic carboxylic acids is 1. The molecule has 0 spiro atoms. The second-order valence-electron chi connectivity index (χ2n) is 4.09. The highest BCUT2D eigenvalue weighted by Gasteiger charge is 2.43. The lowest BCUT2D eigenvalue weighted by Gasteiger charge is -2.24. The van der Waals surface area contributed by atoms with Crippen molar-refractivity contribution in [2.24, 2.45) is 0 Å². The molecule has 2 N–H and O–H groups in total. The molecular weight excluding hydrogens is 242 g/mol. The monoisotopic (exact) mass is 255 g/mol. The smallest absolute Gasteiger partial charge is 0.330 e. The van der Waals surface area contributed by atoms with Crippen molar-refractivity contribution in [3.05, 3.63) is 23.7 Å². The summed E-state index contributed by atoms with van der Waals surface area (Å²) in [5.41, 5.74) is -0.771. The summed E-state index contributed by atoms with van der Waals surface area (Å²) in [5.74, 6) is 0.408. The zero-order chi connectivity index (χ0) is 12.5. The third kappa shape index (κ3) is 2.31. The Morgan fingerprint density at radius 2 is 2.35 bits per heavy atom. The number of hydrogen-bond donors (Lipinski definition) is 2. The fourth-order valence-corrected chi connectivity index (χ4v) is 3.06. The van der Waals surface area contributed by atoms with Gasteiger partial charge in [0.15, 0.2) is 0 Å². The lowest BCUT2D eigenvalue weighted by atomic mass is 9.99. The maximum atomic E-state index is 11.9. The van der Waals surface area contributed by atoms with Crippen LogP contribution in [0.15, 0.2) is 16.7 Å². The largest absolute Gasteiger partial charge is 0.479 e. The van der Waals surface area contributed by atoms with Crippen LogP contribution in [0.3, 0.4) is 0 Å². The Labute approximate surface area is 103 Å². The molecule has 1 aliphatic rings. The highest BCUT2D eigenvalue weighted by Crippen LogP contribution is 2.28. The molecule has 1 amide bonds. The van der Waals surface area contributed by atoms with Crippen LogP contribution in [-0.2, 0) is 4.79 Å². The average molecular weight is 255 g/mol. The third-order valence-corrected chi connectivity index (χ3v) is 3.97. The fraction of sp³-hybridized carbons (Fsp3) is 0.455. The maximum Gasteiger partial charge on any atom is 0.330 e. The first-order valence-electron chi connectivity index (χ1n) is 5.22. The fourth-order valence-electron chi connectivity index (χ4n) is 1.74. The van der Waals surface area contributed by atoms with Gasteiger partial charge in [-0.25, -0.2) is 4.79 Å². The van der Waals surface area contributed by atoms with Crippen molar-refractivity contribution in [2.45, 2.75) is 18.9 Å². The van der Waals surface area contributed by atoms with Crippen LogP contribution < -0.4 is 5.32 Å². The number of furan rings is 1. The number of thioether (sulfide) groups is 1. The van der Waals surface area contributed by atoms with E-state index < -0.39 is 17.4 Å². The molecule has 1 fully saturated rings. The van der Waals surface area contributed by atoms with Gasteiger partial charge in [0.05, 0.1) is 5.56 Å². The third-order valence-electron chi connectivity index (χ3n) is 2.78. The van der Waals surface area contributed by atoms with Crippen molar-refractivity contribution in [1.29, 1.82) is 0 Å². The van der Waals surface area contributed by atoms with E-state index >= 15 is 0 Å². The summed E-state index contributed by atoms with van der Waals surface area (Å²) >= 11 is 1.53. The number of amides is 1. The molecule has 0 bridgehead atoms. The Kier molecular flexibility index (Phi) is 3.15. The van der Waals surface area contributed by atoms with Gasteiger partial charge in [-0.15, -0.1) is 0 Å². The number of carboxylic acid groups (broad SMARTS) is 1. The predicted molar refractivity (Wildman–Crippen MR) is 63.2 cm³/mol. The summed E-state index contributed by atoms with van der Waals surface area (Å²) in [4.78, 5) is 23.1. The van der Waals surface area contributed by atoms with Gasteiger partial charge in [0.1, 0.15) is 17.6 Å². The summed E-state index contributed by atoms with van der Waals surface area (Å²) in [6.45, 7) is 1.73. The van der Waals surface area contributed by atoms with Gasteiger partial charge in [0, 0.05) is 5.75 Å². The second-order valence-corrected chi connectivity index (χ2v) is 5.20. The number of carboxylic acids is 1. The Hall–Kier alpha value is -1.43. The van der Waals surface area contributed by atoms with E-state index in [2.05, 4.69) is 5.32 Å². The molecule has 1 aliphatic heterocycles. The van der Waals surface area contributed by atoms with Gasteiger partial charge in [0.2, 0.25) is 0 Å². The van der Waals surface area contributed by atoms with Crippen LogP contribution >= 0.6 is 11.8 Å². The molecule has 1 saturated heterocycles. The molecule has 1 unspecified atom stereocenters. The van der Waals surface area contributed by atoms with Gasteiger partial charge in [-0.2, -0.15) is 11.8 Å². The van der Waals surface area contributed by atoms with Crippen molar-refractivity contribution >= 4 is 23.6 Å². The van der Waals surface area contributed by atoms with E-state index in [-0.39, 0.29) is 0 Å². The number of nitrogens with one attached hydrogen (secondary N) is 1. The van der Waals surface area contributed by atoms with E-state index in [9.17, 15) is 14.7 Å².